The van der Waals surface area contributed by atoms with Crippen LogP contribution in [0.15, 0.2) is 48.5 Å². The fourth-order valence-electron chi connectivity index (χ4n) is 6.10. The Morgan fingerprint density at radius 2 is 0.794 bits per heavy atom. The molecule has 0 heterocycles. The normalized spacial score (nSPS) is 12.4. The number of nitrogens with zero attached hydrogens (tertiary/aromatic N) is 2. The van der Waals surface area contributed by atoms with Gasteiger partial charge in [0.15, 0.2) is 16.5 Å². The molecule has 0 aliphatic heterocycles. The van der Waals surface area contributed by atoms with Crippen LogP contribution in [0.1, 0.15) is 66.5 Å². The Kier molecular flexibility index (Phi) is 11.2. The zero-order valence-electron chi connectivity index (χ0n) is 23.3. The highest BCUT2D eigenvalue weighted by Gasteiger charge is 2.35. The van der Waals surface area contributed by atoms with Crippen molar-refractivity contribution in [1.82, 2.24) is 0 Å². The summed E-state index contributed by atoms with van der Waals surface area (Å²) < 4.78 is 5.58. The lowest BCUT2D eigenvalue weighted by Crippen LogP contribution is -2.52. The molecule has 4 heteroatoms. The van der Waals surface area contributed by atoms with Gasteiger partial charge in [-0.3, -0.25) is 0 Å². The fourth-order valence-corrected chi connectivity index (χ4v) is 14.2. The van der Waals surface area contributed by atoms with Gasteiger partial charge in [-0.05, 0) is 73.4 Å². The van der Waals surface area contributed by atoms with Gasteiger partial charge in [0.25, 0.3) is 0 Å². The van der Waals surface area contributed by atoms with Crippen molar-refractivity contribution in [3.05, 3.63) is 59.7 Å². The number of para-hydroxylation sites is 2. The van der Waals surface area contributed by atoms with Crippen molar-refractivity contribution in [2.75, 3.05) is 22.2 Å². The van der Waals surface area contributed by atoms with E-state index < -0.39 is 16.5 Å². The molecule has 188 valence electrons. The Hall–Kier alpha value is -1.79. The summed E-state index contributed by atoms with van der Waals surface area (Å²) in [5.74, 6) is 0. The maximum Gasteiger partial charge on any atom is 0.155 e. The Labute approximate surface area is 213 Å². The average molecular weight is 495 g/mol. The lowest BCUT2D eigenvalue weighted by molar-refractivity contribution is 0.983. The monoisotopic (exact) mass is 494 g/mol. The van der Waals surface area contributed by atoms with Gasteiger partial charge in [-0.2, -0.15) is 0 Å². The summed E-state index contributed by atoms with van der Waals surface area (Å²) in [5, 5.41) is 0. The first-order valence-corrected chi connectivity index (χ1v) is 19.0. The lowest BCUT2D eigenvalue weighted by Gasteiger charge is -2.43. The Morgan fingerprint density at radius 1 is 0.500 bits per heavy atom. The van der Waals surface area contributed by atoms with Crippen molar-refractivity contribution in [1.29, 1.82) is 0 Å². The lowest BCUT2D eigenvalue weighted by atomic mass is 10.1. The predicted molar refractivity (Wildman–Crippen MR) is 162 cm³/mol. The Balaban J connectivity index is 2.55. The van der Waals surface area contributed by atoms with Gasteiger partial charge < -0.3 is 9.13 Å². The maximum atomic E-state index is 2.79. The first kappa shape index (κ1) is 28.5. The highest BCUT2D eigenvalue weighted by Crippen LogP contribution is 2.35. The standard InChI is InChI=1S/C30H50N2Si2/c1-9-31(33(11-3,12-4)13-5)29-23-19-17-21-27(29)25-26-28-22-18-20-24-30(28)32(10-2)34(14-6,15-7)16-8/h17-26H,9-16H2,1-8H3. The zero-order chi connectivity index (χ0) is 25.2. The van der Waals surface area contributed by atoms with Crippen LogP contribution in [0.4, 0.5) is 11.4 Å². The molecule has 0 aromatic heterocycles. The minimum absolute atomic E-state index is 1.09. The molecule has 2 aromatic rings. The Bertz CT molecular complexity index is 810. The molecular formula is C30H50N2Si2. The molecule has 2 nitrogen and oxygen atoms in total. The van der Waals surface area contributed by atoms with E-state index in [4.69, 9.17) is 0 Å². The van der Waals surface area contributed by atoms with Crippen LogP contribution in [0.5, 0.6) is 0 Å². The zero-order valence-corrected chi connectivity index (χ0v) is 25.3. The number of anilines is 2. The minimum Gasteiger partial charge on any atom is -0.397 e. The van der Waals surface area contributed by atoms with Crippen LogP contribution in [-0.4, -0.2) is 29.6 Å². The van der Waals surface area contributed by atoms with Gasteiger partial charge in [-0.15, -0.1) is 0 Å². The van der Waals surface area contributed by atoms with Crippen LogP contribution < -0.4 is 9.13 Å². The van der Waals surface area contributed by atoms with Crippen molar-refractivity contribution >= 4 is 40.0 Å². The molecule has 0 amide bonds. The van der Waals surface area contributed by atoms with Crippen LogP contribution in [0.2, 0.25) is 36.3 Å². The summed E-state index contributed by atoms with van der Waals surface area (Å²) >= 11 is 0. The van der Waals surface area contributed by atoms with Gasteiger partial charge in [-0.1, -0.05) is 90.1 Å². The minimum atomic E-state index is -1.50. The molecule has 0 fully saturated rings. The molecule has 0 N–H and O–H groups in total. The summed E-state index contributed by atoms with van der Waals surface area (Å²) in [5.41, 5.74) is 5.53. The third kappa shape index (κ3) is 5.71. The summed E-state index contributed by atoms with van der Waals surface area (Å²) in [6, 6.07) is 25.9. The van der Waals surface area contributed by atoms with Gasteiger partial charge in [-0.25, -0.2) is 0 Å². The number of benzene rings is 2. The SMILES string of the molecule is CCN(c1ccccc1C=Cc1ccccc1N(CC)[Si](CC)(CC)CC)[Si](CC)(CC)CC. The summed E-state index contributed by atoms with van der Waals surface area (Å²) in [7, 11) is -3.01. The maximum absolute atomic E-state index is 2.79. The second-order valence-electron chi connectivity index (χ2n) is 9.51. The van der Waals surface area contributed by atoms with Gasteiger partial charge in [0.05, 0.1) is 0 Å². The van der Waals surface area contributed by atoms with Crippen molar-refractivity contribution in [3.8, 4) is 0 Å². The molecule has 0 atom stereocenters. The largest absolute Gasteiger partial charge is 0.397 e. The van der Waals surface area contributed by atoms with E-state index in [2.05, 4.69) is 125 Å². The number of hydrogen-bond acceptors (Lipinski definition) is 2. The van der Waals surface area contributed by atoms with E-state index >= 15 is 0 Å². The summed E-state index contributed by atoms with van der Waals surface area (Å²) in [6.45, 7) is 21.3. The van der Waals surface area contributed by atoms with Gasteiger partial charge >= 0.3 is 0 Å². The van der Waals surface area contributed by atoms with Crippen molar-refractivity contribution in [2.24, 2.45) is 0 Å². The second kappa shape index (κ2) is 13.3. The number of rotatable bonds is 14. The number of hydrogen-bond donors (Lipinski definition) is 0. The van der Waals surface area contributed by atoms with Crippen LogP contribution >= 0.6 is 0 Å². The highest BCUT2D eigenvalue weighted by molar-refractivity contribution is 6.83. The van der Waals surface area contributed by atoms with Crippen molar-refractivity contribution in [2.45, 2.75) is 91.7 Å². The van der Waals surface area contributed by atoms with E-state index in [1.54, 1.807) is 0 Å². The second-order valence-corrected chi connectivity index (χ2v) is 19.7. The summed E-state index contributed by atoms with van der Waals surface area (Å²) in [6.07, 6.45) is 4.75. The van der Waals surface area contributed by atoms with E-state index in [-0.39, 0.29) is 0 Å². The molecule has 0 unspecified atom stereocenters. The van der Waals surface area contributed by atoms with Crippen LogP contribution in [0.3, 0.4) is 0 Å². The Morgan fingerprint density at radius 3 is 1.06 bits per heavy atom. The third-order valence-electron chi connectivity index (χ3n) is 8.62. The molecule has 0 aliphatic carbocycles. The van der Waals surface area contributed by atoms with E-state index in [1.165, 1.54) is 58.8 Å². The molecule has 0 saturated carbocycles. The highest BCUT2D eigenvalue weighted by atomic mass is 28.3. The average Bonchev–Trinajstić information content (AvgIpc) is 2.90. The third-order valence-corrected chi connectivity index (χ3v) is 19.9. The van der Waals surface area contributed by atoms with Crippen molar-refractivity contribution < 1.29 is 0 Å². The first-order valence-electron chi connectivity index (χ1n) is 13.9. The first-order chi connectivity index (χ1) is 16.5. The molecule has 0 spiro atoms. The van der Waals surface area contributed by atoms with Crippen LogP contribution in [-0.2, 0) is 0 Å². The molecule has 0 radical (unpaired) electrons. The van der Waals surface area contributed by atoms with Gasteiger partial charge in [0.1, 0.15) is 0 Å². The quantitative estimate of drug-likeness (QED) is 0.190. The van der Waals surface area contributed by atoms with Gasteiger partial charge in [0.2, 0.25) is 0 Å². The van der Waals surface area contributed by atoms with E-state index in [0.29, 0.717) is 0 Å². The summed E-state index contributed by atoms with van der Waals surface area (Å²) in [4.78, 5) is 0. The van der Waals surface area contributed by atoms with Gasteiger partial charge in [0, 0.05) is 24.5 Å². The molecule has 0 aliphatic rings. The molecule has 2 rings (SSSR count). The van der Waals surface area contributed by atoms with E-state index in [1.807, 2.05) is 0 Å². The molecular weight excluding hydrogens is 445 g/mol. The molecule has 34 heavy (non-hydrogen) atoms. The molecule has 2 aromatic carbocycles. The van der Waals surface area contributed by atoms with E-state index in [9.17, 15) is 0 Å². The molecule has 0 saturated heterocycles. The smallest absolute Gasteiger partial charge is 0.155 e. The van der Waals surface area contributed by atoms with Crippen molar-refractivity contribution in [3.63, 3.8) is 0 Å². The predicted octanol–water partition coefficient (Wildman–Crippen LogP) is 9.52. The fraction of sp³-hybridized carbons (Fsp3) is 0.533. The molecule has 0 bridgehead atoms. The van der Waals surface area contributed by atoms with E-state index in [0.717, 1.165) is 13.1 Å². The van der Waals surface area contributed by atoms with Crippen LogP contribution in [0, 0.1) is 0 Å². The van der Waals surface area contributed by atoms with Crippen LogP contribution in [0.25, 0.3) is 12.2 Å². The topological polar surface area (TPSA) is 6.48 Å².